The average molecular weight is 225 g/mol. The molecule has 0 saturated heterocycles. The smallest absolute Gasteiger partial charge is 0.0521 e. The quantitative estimate of drug-likeness (QED) is 0.737. The van der Waals surface area contributed by atoms with Crippen molar-refractivity contribution >= 4 is 0 Å². The Morgan fingerprint density at radius 1 is 1.50 bits per heavy atom. The molecule has 0 spiro atoms. The lowest BCUT2D eigenvalue weighted by molar-refractivity contribution is 0.206. The molecule has 0 aromatic carbocycles. The molecule has 1 rings (SSSR count). The average Bonchev–Trinajstić information content (AvgIpc) is 2.64. The van der Waals surface area contributed by atoms with Crippen molar-refractivity contribution in [3.05, 3.63) is 18.0 Å². The van der Waals surface area contributed by atoms with Crippen LogP contribution in [0.3, 0.4) is 0 Å². The van der Waals surface area contributed by atoms with Crippen LogP contribution in [-0.2, 0) is 13.1 Å². The van der Waals surface area contributed by atoms with Gasteiger partial charge in [0.15, 0.2) is 0 Å². The van der Waals surface area contributed by atoms with E-state index in [9.17, 15) is 0 Å². The van der Waals surface area contributed by atoms with Crippen LogP contribution >= 0.6 is 0 Å². The Morgan fingerprint density at radius 2 is 2.25 bits per heavy atom. The van der Waals surface area contributed by atoms with E-state index in [1.54, 1.807) is 0 Å². The molecule has 0 saturated carbocycles. The highest BCUT2D eigenvalue weighted by atomic mass is 16.3. The van der Waals surface area contributed by atoms with Gasteiger partial charge in [-0.2, -0.15) is 5.10 Å². The monoisotopic (exact) mass is 225 g/mol. The molecule has 0 bridgehead atoms. The van der Waals surface area contributed by atoms with E-state index in [2.05, 4.69) is 31.2 Å². The first-order valence-corrected chi connectivity index (χ1v) is 5.91. The predicted octanol–water partition coefficient (Wildman–Crippen LogP) is 1.40. The van der Waals surface area contributed by atoms with Crippen molar-refractivity contribution < 1.29 is 5.11 Å². The van der Waals surface area contributed by atoms with E-state index < -0.39 is 0 Å². The number of hydrogen-bond donors (Lipinski definition) is 2. The number of aliphatic hydroxyl groups excluding tert-OH is 1. The van der Waals surface area contributed by atoms with Gasteiger partial charge in [-0.15, -0.1) is 0 Å². The second-order valence-electron chi connectivity index (χ2n) is 4.88. The van der Waals surface area contributed by atoms with Gasteiger partial charge in [0.2, 0.25) is 0 Å². The van der Waals surface area contributed by atoms with Crippen molar-refractivity contribution in [1.82, 2.24) is 15.1 Å². The molecule has 2 N–H and O–H groups in total. The Hall–Kier alpha value is -0.870. The molecular formula is C12H23N3O. The van der Waals surface area contributed by atoms with E-state index in [1.165, 1.54) is 5.69 Å². The van der Waals surface area contributed by atoms with E-state index in [0.29, 0.717) is 0 Å². The third kappa shape index (κ3) is 3.94. The van der Waals surface area contributed by atoms with Crippen LogP contribution in [0.4, 0.5) is 0 Å². The molecular weight excluding hydrogens is 202 g/mol. The number of nitrogens with one attached hydrogen (secondary N) is 1. The molecule has 4 heteroatoms. The van der Waals surface area contributed by atoms with E-state index >= 15 is 0 Å². The van der Waals surface area contributed by atoms with Gasteiger partial charge in [0.05, 0.1) is 5.69 Å². The summed E-state index contributed by atoms with van der Waals surface area (Å²) < 4.78 is 1.99. The number of hydrogen-bond acceptors (Lipinski definition) is 3. The third-order valence-electron chi connectivity index (χ3n) is 2.80. The molecule has 0 fully saturated rings. The van der Waals surface area contributed by atoms with Gasteiger partial charge in [0.25, 0.3) is 0 Å². The van der Waals surface area contributed by atoms with Crippen LogP contribution in [0.15, 0.2) is 12.3 Å². The lowest BCUT2D eigenvalue weighted by atomic mass is 9.90. The SMILES string of the molecule is CCn1nccc1CNCC(C)(C)CCO. The minimum absolute atomic E-state index is 0.145. The van der Waals surface area contributed by atoms with Crippen molar-refractivity contribution in [1.29, 1.82) is 0 Å². The molecule has 0 unspecified atom stereocenters. The maximum Gasteiger partial charge on any atom is 0.0521 e. The fourth-order valence-electron chi connectivity index (χ4n) is 1.71. The molecule has 0 aliphatic heterocycles. The van der Waals surface area contributed by atoms with Gasteiger partial charge in [-0.25, -0.2) is 0 Å². The van der Waals surface area contributed by atoms with Gasteiger partial charge in [0.1, 0.15) is 0 Å². The van der Waals surface area contributed by atoms with Crippen LogP contribution in [0.2, 0.25) is 0 Å². The van der Waals surface area contributed by atoms with Crippen LogP contribution in [-0.4, -0.2) is 28.0 Å². The number of aryl methyl sites for hydroxylation is 1. The first-order valence-electron chi connectivity index (χ1n) is 5.91. The van der Waals surface area contributed by atoms with Crippen LogP contribution in [0.1, 0.15) is 32.9 Å². The molecule has 0 atom stereocenters. The first-order chi connectivity index (χ1) is 7.59. The normalized spacial score (nSPS) is 12.0. The summed E-state index contributed by atoms with van der Waals surface area (Å²) in [6.07, 6.45) is 2.66. The predicted molar refractivity (Wildman–Crippen MR) is 65.1 cm³/mol. The molecule has 0 aliphatic rings. The molecule has 16 heavy (non-hydrogen) atoms. The van der Waals surface area contributed by atoms with Gasteiger partial charge in [-0.1, -0.05) is 13.8 Å². The summed E-state index contributed by atoms with van der Waals surface area (Å²) in [4.78, 5) is 0. The van der Waals surface area contributed by atoms with Crippen molar-refractivity contribution in [2.75, 3.05) is 13.2 Å². The molecule has 1 aromatic rings. The van der Waals surface area contributed by atoms with Crippen LogP contribution < -0.4 is 5.32 Å². The Labute approximate surface area is 97.7 Å². The largest absolute Gasteiger partial charge is 0.396 e. The van der Waals surface area contributed by atoms with Crippen LogP contribution in [0.5, 0.6) is 0 Å². The zero-order valence-corrected chi connectivity index (χ0v) is 10.5. The molecule has 4 nitrogen and oxygen atoms in total. The summed E-state index contributed by atoms with van der Waals surface area (Å²) in [5.41, 5.74) is 1.36. The third-order valence-corrected chi connectivity index (χ3v) is 2.80. The molecule has 0 aliphatic carbocycles. The Kier molecular flexibility index (Phi) is 4.96. The van der Waals surface area contributed by atoms with Gasteiger partial charge in [-0.05, 0) is 24.8 Å². The zero-order chi connectivity index (χ0) is 12.0. The van der Waals surface area contributed by atoms with E-state index in [-0.39, 0.29) is 12.0 Å². The second-order valence-corrected chi connectivity index (χ2v) is 4.88. The number of rotatable bonds is 7. The van der Waals surface area contributed by atoms with Crippen molar-refractivity contribution in [2.45, 2.75) is 40.3 Å². The Bertz CT molecular complexity index is 307. The molecule has 1 aromatic heterocycles. The summed E-state index contributed by atoms with van der Waals surface area (Å²) in [7, 11) is 0. The lowest BCUT2D eigenvalue weighted by Crippen LogP contribution is -2.30. The lowest BCUT2D eigenvalue weighted by Gasteiger charge is -2.24. The van der Waals surface area contributed by atoms with Crippen LogP contribution in [0, 0.1) is 5.41 Å². The first kappa shape index (κ1) is 13.2. The summed E-state index contributed by atoms with van der Waals surface area (Å²) in [5.74, 6) is 0. The van der Waals surface area contributed by atoms with E-state index in [1.807, 2.05) is 16.9 Å². The molecule has 0 amide bonds. The van der Waals surface area contributed by atoms with E-state index in [4.69, 9.17) is 5.11 Å². The standard InChI is InChI=1S/C12H23N3O/c1-4-15-11(5-7-14-15)9-13-10-12(2,3)6-8-16/h5,7,13,16H,4,6,8-10H2,1-3H3. The Balaban J connectivity index is 2.35. The highest BCUT2D eigenvalue weighted by Crippen LogP contribution is 2.18. The molecule has 1 heterocycles. The minimum Gasteiger partial charge on any atom is -0.396 e. The van der Waals surface area contributed by atoms with Crippen LogP contribution in [0.25, 0.3) is 0 Å². The van der Waals surface area contributed by atoms with Gasteiger partial charge >= 0.3 is 0 Å². The number of aliphatic hydroxyl groups is 1. The summed E-state index contributed by atoms with van der Waals surface area (Å²) >= 11 is 0. The van der Waals surface area contributed by atoms with Gasteiger partial charge in [0, 0.05) is 32.4 Å². The molecule has 92 valence electrons. The second kappa shape index (κ2) is 6.01. The highest BCUT2D eigenvalue weighted by Gasteiger charge is 2.16. The van der Waals surface area contributed by atoms with E-state index in [0.717, 1.165) is 26.1 Å². The van der Waals surface area contributed by atoms with Gasteiger partial charge in [-0.3, -0.25) is 4.68 Å². The minimum atomic E-state index is 0.145. The van der Waals surface area contributed by atoms with Crippen molar-refractivity contribution in [3.63, 3.8) is 0 Å². The summed E-state index contributed by atoms with van der Waals surface area (Å²) in [6, 6.07) is 2.04. The van der Waals surface area contributed by atoms with Gasteiger partial charge < -0.3 is 10.4 Å². The maximum atomic E-state index is 8.93. The van der Waals surface area contributed by atoms with Crippen molar-refractivity contribution in [2.24, 2.45) is 5.41 Å². The highest BCUT2D eigenvalue weighted by molar-refractivity contribution is 4.99. The fourth-order valence-corrected chi connectivity index (χ4v) is 1.71. The maximum absolute atomic E-state index is 8.93. The summed E-state index contributed by atoms with van der Waals surface area (Å²) in [5, 5.41) is 16.6. The zero-order valence-electron chi connectivity index (χ0n) is 10.5. The summed E-state index contributed by atoms with van der Waals surface area (Å²) in [6.45, 7) is 9.31. The number of aromatic nitrogens is 2. The Morgan fingerprint density at radius 3 is 2.88 bits per heavy atom. The topological polar surface area (TPSA) is 50.1 Å². The number of nitrogens with zero attached hydrogens (tertiary/aromatic N) is 2. The van der Waals surface area contributed by atoms with Crippen molar-refractivity contribution in [3.8, 4) is 0 Å². The fraction of sp³-hybridized carbons (Fsp3) is 0.750. The molecule has 0 radical (unpaired) electrons.